The Morgan fingerprint density at radius 2 is 1.87 bits per heavy atom. The van der Waals surface area contributed by atoms with Crippen molar-refractivity contribution in [1.82, 2.24) is 0 Å². The van der Waals surface area contributed by atoms with Gasteiger partial charge in [-0.25, -0.2) is 0 Å². The molecular weight excluding hydrogens is 296 g/mol. The zero-order chi connectivity index (χ0) is 17.7. The van der Waals surface area contributed by atoms with Crippen LogP contribution in [0.1, 0.15) is 47.9 Å². The average Bonchev–Trinajstić information content (AvgIpc) is 2.57. The first-order valence-corrected chi connectivity index (χ1v) is 7.60. The van der Waals surface area contributed by atoms with Crippen LogP contribution in [0.4, 0.5) is 0 Å². The van der Waals surface area contributed by atoms with Crippen molar-refractivity contribution in [2.45, 2.75) is 33.5 Å². The average molecular weight is 322 g/mol. The maximum Gasteiger partial charge on any atom is 0.169 e. The van der Waals surface area contributed by atoms with Gasteiger partial charge in [0, 0.05) is 25.2 Å². The Morgan fingerprint density at radius 1 is 1.26 bits per heavy atom. The molecular formula is C18H26O5. The van der Waals surface area contributed by atoms with Gasteiger partial charge >= 0.3 is 0 Å². The lowest BCUT2D eigenvalue weighted by molar-refractivity contribution is -0.123. The van der Waals surface area contributed by atoms with Crippen LogP contribution >= 0.6 is 0 Å². The van der Waals surface area contributed by atoms with Gasteiger partial charge in [-0.1, -0.05) is 6.07 Å². The SMILES string of the molecule is C=C.CCOC(C)OCC.O=Cc1ccc2c(c1)OCCC2=O. The first kappa shape index (κ1) is 21.0. The van der Waals surface area contributed by atoms with Crippen LogP contribution in [-0.4, -0.2) is 38.2 Å². The molecule has 2 rings (SSSR count). The molecule has 1 aromatic carbocycles. The van der Waals surface area contributed by atoms with E-state index in [0.29, 0.717) is 29.9 Å². The second-order valence-electron chi connectivity index (χ2n) is 4.37. The molecule has 0 atom stereocenters. The minimum Gasteiger partial charge on any atom is -0.492 e. The molecule has 128 valence electrons. The van der Waals surface area contributed by atoms with Crippen molar-refractivity contribution in [3.63, 3.8) is 0 Å². The number of benzene rings is 1. The highest BCUT2D eigenvalue weighted by molar-refractivity contribution is 6.00. The molecule has 1 heterocycles. The summed E-state index contributed by atoms with van der Waals surface area (Å²) in [4.78, 5) is 21.8. The first-order chi connectivity index (χ1) is 11.1. The van der Waals surface area contributed by atoms with E-state index in [-0.39, 0.29) is 12.1 Å². The number of aldehydes is 1. The van der Waals surface area contributed by atoms with Crippen molar-refractivity contribution in [3.05, 3.63) is 42.5 Å². The highest BCUT2D eigenvalue weighted by Crippen LogP contribution is 2.25. The molecule has 0 saturated heterocycles. The number of ketones is 1. The molecule has 5 nitrogen and oxygen atoms in total. The van der Waals surface area contributed by atoms with Gasteiger partial charge in [0.15, 0.2) is 12.1 Å². The van der Waals surface area contributed by atoms with Crippen molar-refractivity contribution in [1.29, 1.82) is 0 Å². The lowest BCUT2D eigenvalue weighted by Crippen LogP contribution is -2.15. The Balaban J connectivity index is 0.000000421. The number of carbonyl (C=O) groups excluding carboxylic acids is 2. The maximum absolute atomic E-state index is 11.3. The van der Waals surface area contributed by atoms with Crippen LogP contribution < -0.4 is 4.74 Å². The van der Waals surface area contributed by atoms with Crippen molar-refractivity contribution in [2.24, 2.45) is 0 Å². The second-order valence-corrected chi connectivity index (χ2v) is 4.37. The molecule has 0 radical (unpaired) electrons. The fourth-order valence-corrected chi connectivity index (χ4v) is 1.87. The summed E-state index contributed by atoms with van der Waals surface area (Å²) < 4.78 is 15.4. The maximum atomic E-state index is 11.3. The molecule has 0 unspecified atom stereocenters. The predicted molar refractivity (Wildman–Crippen MR) is 90.2 cm³/mol. The van der Waals surface area contributed by atoms with Crippen molar-refractivity contribution >= 4 is 12.1 Å². The lowest BCUT2D eigenvalue weighted by atomic mass is 10.0. The Morgan fingerprint density at radius 3 is 2.39 bits per heavy atom. The number of ether oxygens (including phenoxy) is 3. The van der Waals surface area contributed by atoms with Crippen molar-refractivity contribution < 1.29 is 23.8 Å². The first-order valence-electron chi connectivity index (χ1n) is 7.60. The molecule has 0 fully saturated rings. The van der Waals surface area contributed by atoms with Gasteiger partial charge in [-0.2, -0.15) is 0 Å². The van der Waals surface area contributed by atoms with Gasteiger partial charge in [-0.3, -0.25) is 9.59 Å². The molecule has 0 N–H and O–H groups in total. The Kier molecular flexibility index (Phi) is 11.5. The van der Waals surface area contributed by atoms with Gasteiger partial charge in [0.1, 0.15) is 12.0 Å². The Labute approximate surface area is 138 Å². The summed E-state index contributed by atoms with van der Waals surface area (Å²) in [6, 6.07) is 4.86. The zero-order valence-corrected chi connectivity index (χ0v) is 14.2. The number of fused-ring (bicyclic) bond motifs is 1. The second kappa shape index (κ2) is 12.6. The monoisotopic (exact) mass is 322 g/mol. The number of rotatable bonds is 5. The van der Waals surface area contributed by atoms with E-state index >= 15 is 0 Å². The molecule has 0 saturated carbocycles. The van der Waals surface area contributed by atoms with E-state index in [4.69, 9.17) is 14.2 Å². The standard InChI is InChI=1S/C10H8O3.C6H14O2.C2H4/c11-6-7-1-2-8-9(12)3-4-13-10(8)5-7;1-4-7-6(3)8-5-2;1-2/h1-2,5-6H,3-4H2;6H,4-5H2,1-3H3;1-2H2. The van der Waals surface area contributed by atoms with E-state index in [1.54, 1.807) is 18.2 Å². The van der Waals surface area contributed by atoms with Crippen LogP contribution in [0.25, 0.3) is 0 Å². The molecule has 1 aromatic rings. The highest BCUT2D eigenvalue weighted by atomic mass is 16.7. The molecule has 0 bridgehead atoms. The smallest absolute Gasteiger partial charge is 0.169 e. The summed E-state index contributed by atoms with van der Waals surface area (Å²) in [5, 5.41) is 0. The fraction of sp³-hybridized carbons (Fsp3) is 0.444. The minimum absolute atomic E-state index is 0.0370. The largest absolute Gasteiger partial charge is 0.492 e. The van der Waals surface area contributed by atoms with E-state index < -0.39 is 0 Å². The van der Waals surface area contributed by atoms with Crippen LogP contribution in [-0.2, 0) is 9.47 Å². The molecule has 0 aliphatic carbocycles. The van der Waals surface area contributed by atoms with Gasteiger partial charge in [-0.05, 0) is 32.9 Å². The fourth-order valence-electron chi connectivity index (χ4n) is 1.87. The van der Waals surface area contributed by atoms with Crippen LogP contribution in [0.3, 0.4) is 0 Å². The van der Waals surface area contributed by atoms with E-state index in [1.165, 1.54) is 0 Å². The highest BCUT2D eigenvalue weighted by Gasteiger charge is 2.17. The van der Waals surface area contributed by atoms with E-state index in [2.05, 4.69) is 13.2 Å². The molecule has 0 spiro atoms. The summed E-state index contributed by atoms with van der Waals surface area (Å²) in [6.07, 6.45) is 1.13. The summed E-state index contributed by atoms with van der Waals surface area (Å²) in [6.45, 7) is 13.7. The number of Topliss-reactive ketones (excluding diaryl/α,β-unsaturated/α-hetero) is 1. The molecule has 0 amide bonds. The zero-order valence-electron chi connectivity index (χ0n) is 14.2. The quantitative estimate of drug-likeness (QED) is 0.470. The Hall–Kier alpha value is -1.98. The van der Waals surface area contributed by atoms with Crippen LogP contribution in [0.2, 0.25) is 0 Å². The number of hydrogen-bond donors (Lipinski definition) is 0. The lowest BCUT2D eigenvalue weighted by Gasteiger charge is -2.15. The minimum atomic E-state index is -0.0370. The van der Waals surface area contributed by atoms with E-state index in [9.17, 15) is 9.59 Å². The molecule has 23 heavy (non-hydrogen) atoms. The van der Waals surface area contributed by atoms with Crippen LogP contribution in [0, 0.1) is 0 Å². The molecule has 1 aliphatic rings. The summed E-state index contributed by atoms with van der Waals surface area (Å²) >= 11 is 0. The van der Waals surface area contributed by atoms with Gasteiger partial charge in [0.2, 0.25) is 0 Å². The van der Waals surface area contributed by atoms with Crippen molar-refractivity contribution in [3.8, 4) is 5.75 Å². The number of carbonyl (C=O) groups is 2. The summed E-state index contributed by atoms with van der Waals surface area (Å²) in [5.74, 6) is 0.611. The van der Waals surface area contributed by atoms with Crippen molar-refractivity contribution in [2.75, 3.05) is 19.8 Å². The third kappa shape index (κ3) is 7.72. The third-order valence-electron chi connectivity index (χ3n) is 2.83. The summed E-state index contributed by atoms with van der Waals surface area (Å²) in [7, 11) is 0. The summed E-state index contributed by atoms with van der Waals surface area (Å²) in [5.41, 5.74) is 1.12. The number of hydrogen-bond acceptors (Lipinski definition) is 5. The van der Waals surface area contributed by atoms with Gasteiger partial charge in [0.25, 0.3) is 0 Å². The van der Waals surface area contributed by atoms with Gasteiger partial charge < -0.3 is 14.2 Å². The molecule has 0 aromatic heterocycles. The molecule has 5 heteroatoms. The van der Waals surface area contributed by atoms with E-state index in [0.717, 1.165) is 19.5 Å². The molecule has 1 aliphatic heterocycles. The predicted octanol–water partition coefficient (Wildman–Crippen LogP) is 3.67. The topological polar surface area (TPSA) is 61.8 Å². The normalized spacial score (nSPS) is 12.1. The Bertz CT molecular complexity index is 478. The van der Waals surface area contributed by atoms with Gasteiger partial charge in [0.05, 0.1) is 12.2 Å². The van der Waals surface area contributed by atoms with Gasteiger partial charge in [-0.15, -0.1) is 13.2 Å². The van der Waals surface area contributed by atoms with Crippen LogP contribution in [0.5, 0.6) is 5.75 Å². The van der Waals surface area contributed by atoms with Crippen LogP contribution in [0.15, 0.2) is 31.4 Å². The van der Waals surface area contributed by atoms with E-state index in [1.807, 2.05) is 20.8 Å². The third-order valence-corrected chi connectivity index (χ3v) is 2.83.